The molecule has 0 radical (unpaired) electrons. The maximum Gasteiger partial charge on any atom is 0.310 e. The largest absolute Gasteiger partial charge is 0.466 e. The Hall–Kier alpha value is -1.93. The summed E-state index contributed by atoms with van der Waals surface area (Å²) in [4.78, 5) is 26.7. The number of sulfonamides is 1. The second-order valence-electron chi connectivity index (χ2n) is 7.33. The minimum absolute atomic E-state index is 0.152. The molecule has 1 amide bonds. The Morgan fingerprint density at radius 2 is 1.86 bits per heavy atom. The molecular weight excluding hydrogens is 380 g/mol. The van der Waals surface area contributed by atoms with Crippen molar-refractivity contribution in [3.8, 4) is 0 Å². The van der Waals surface area contributed by atoms with Crippen LogP contribution >= 0.6 is 0 Å². The zero-order valence-electron chi connectivity index (χ0n) is 16.3. The van der Waals surface area contributed by atoms with E-state index in [1.165, 1.54) is 10.4 Å². The molecule has 2 heterocycles. The van der Waals surface area contributed by atoms with E-state index in [2.05, 4.69) is 0 Å². The average molecular weight is 409 g/mol. The molecule has 0 bridgehead atoms. The van der Waals surface area contributed by atoms with Crippen molar-refractivity contribution in [2.24, 2.45) is 5.92 Å². The first kappa shape index (κ1) is 20.8. The molecule has 0 unspecified atom stereocenters. The number of carbonyl (C=O) groups is 2. The van der Waals surface area contributed by atoms with E-state index >= 15 is 0 Å². The summed E-state index contributed by atoms with van der Waals surface area (Å²) in [7, 11) is -3.59. The first-order chi connectivity index (χ1) is 13.4. The zero-order valence-corrected chi connectivity index (χ0v) is 17.1. The van der Waals surface area contributed by atoms with Crippen molar-refractivity contribution < 1.29 is 22.7 Å². The van der Waals surface area contributed by atoms with Crippen LogP contribution in [0.1, 0.15) is 49.4 Å². The number of hydrogen-bond donors (Lipinski definition) is 0. The van der Waals surface area contributed by atoms with Crippen LogP contribution < -0.4 is 0 Å². The van der Waals surface area contributed by atoms with Gasteiger partial charge in [-0.1, -0.05) is 12.5 Å². The lowest BCUT2D eigenvalue weighted by Gasteiger charge is -2.31. The van der Waals surface area contributed by atoms with Gasteiger partial charge < -0.3 is 9.64 Å². The minimum atomic E-state index is -3.59. The van der Waals surface area contributed by atoms with E-state index in [4.69, 9.17) is 4.74 Å². The van der Waals surface area contributed by atoms with E-state index in [0.717, 1.165) is 25.7 Å². The van der Waals surface area contributed by atoms with Gasteiger partial charge >= 0.3 is 5.97 Å². The van der Waals surface area contributed by atoms with Gasteiger partial charge in [-0.15, -0.1) is 0 Å². The number of piperidine rings is 2. The normalized spacial score (nSPS) is 21.3. The molecule has 154 valence electrons. The summed E-state index contributed by atoms with van der Waals surface area (Å²) >= 11 is 0. The summed E-state index contributed by atoms with van der Waals surface area (Å²) < 4.78 is 32.4. The van der Waals surface area contributed by atoms with Crippen LogP contribution in [0, 0.1) is 5.92 Å². The highest BCUT2D eigenvalue weighted by Gasteiger charge is 2.31. The number of benzene rings is 1. The van der Waals surface area contributed by atoms with Gasteiger partial charge in [-0.05, 0) is 50.8 Å². The fourth-order valence-corrected chi connectivity index (χ4v) is 5.40. The number of esters is 1. The van der Waals surface area contributed by atoms with Crippen molar-refractivity contribution in [3.05, 3.63) is 29.8 Å². The molecule has 8 heteroatoms. The molecule has 2 aliphatic heterocycles. The second kappa shape index (κ2) is 9.05. The fraction of sp³-hybridized carbons (Fsp3) is 0.600. The molecule has 2 aliphatic rings. The van der Waals surface area contributed by atoms with Crippen molar-refractivity contribution in [2.75, 3.05) is 32.8 Å². The maximum absolute atomic E-state index is 12.9. The third-order valence-electron chi connectivity index (χ3n) is 5.36. The molecular formula is C20H28N2O5S. The standard InChI is InChI=1S/C20H28N2O5S/c1-2-27-20(24)17-9-7-11-21(15-17)19(23)16-8-6-10-18(14-16)28(25,26)22-12-4-3-5-13-22/h6,8,10,14,17H,2-5,7,9,11-13,15H2,1H3/t17-/m0/s1. The first-order valence-electron chi connectivity index (χ1n) is 9.99. The highest BCUT2D eigenvalue weighted by Crippen LogP contribution is 2.24. The minimum Gasteiger partial charge on any atom is -0.466 e. The summed E-state index contributed by atoms with van der Waals surface area (Å²) in [5.74, 6) is -0.843. The number of carbonyl (C=O) groups excluding carboxylic acids is 2. The van der Waals surface area contributed by atoms with E-state index in [0.29, 0.717) is 44.8 Å². The Bertz CT molecular complexity index is 818. The van der Waals surface area contributed by atoms with E-state index in [1.807, 2.05) is 0 Å². The van der Waals surface area contributed by atoms with Gasteiger partial charge in [0, 0.05) is 31.7 Å². The number of rotatable bonds is 5. The molecule has 1 aromatic carbocycles. The number of nitrogens with zero attached hydrogens (tertiary/aromatic N) is 2. The Labute approximate surface area is 166 Å². The van der Waals surface area contributed by atoms with Gasteiger partial charge in [0.05, 0.1) is 17.4 Å². The van der Waals surface area contributed by atoms with Gasteiger partial charge in [-0.25, -0.2) is 8.42 Å². The lowest BCUT2D eigenvalue weighted by atomic mass is 9.97. The monoisotopic (exact) mass is 408 g/mol. The average Bonchev–Trinajstić information content (AvgIpc) is 2.74. The topological polar surface area (TPSA) is 84.0 Å². The first-order valence-corrected chi connectivity index (χ1v) is 11.4. The summed E-state index contributed by atoms with van der Waals surface area (Å²) in [6.45, 7) is 3.98. The molecule has 28 heavy (non-hydrogen) atoms. The van der Waals surface area contributed by atoms with Crippen LogP contribution in [0.3, 0.4) is 0 Å². The Kier molecular flexibility index (Phi) is 6.72. The van der Waals surface area contributed by atoms with Crippen LogP contribution in [0.15, 0.2) is 29.2 Å². The number of hydrogen-bond acceptors (Lipinski definition) is 5. The predicted octanol–water partition coefficient (Wildman–Crippen LogP) is 2.28. The highest BCUT2D eigenvalue weighted by molar-refractivity contribution is 7.89. The van der Waals surface area contributed by atoms with Crippen molar-refractivity contribution in [2.45, 2.75) is 43.9 Å². The molecule has 7 nitrogen and oxygen atoms in total. The quantitative estimate of drug-likeness (QED) is 0.698. The Morgan fingerprint density at radius 1 is 1.11 bits per heavy atom. The van der Waals surface area contributed by atoms with E-state index in [-0.39, 0.29) is 22.7 Å². The van der Waals surface area contributed by atoms with Crippen molar-refractivity contribution in [1.29, 1.82) is 0 Å². The van der Waals surface area contributed by atoms with Gasteiger partial charge in [0.2, 0.25) is 10.0 Å². The third kappa shape index (κ3) is 4.55. The van der Waals surface area contributed by atoms with Crippen LogP contribution in [0.25, 0.3) is 0 Å². The molecule has 1 aromatic rings. The summed E-state index contributed by atoms with van der Waals surface area (Å²) in [6.07, 6.45) is 4.19. The van der Waals surface area contributed by atoms with Crippen LogP contribution in [0.2, 0.25) is 0 Å². The zero-order chi connectivity index (χ0) is 20.1. The smallest absolute Gasteiger partial charge is 0.310 e. The van der Waals surface area contributed by atoms with Gasteiger partial charge in [0.1, 0.15) is 0 Å². The van der Waals surface area contributed by atoms with Crippen molar-refractivity contribution >= 4 is 21.9 Å². The Balaban J connectivity index is 1.76. The summed E-state index contributed by atoms with van der Waals surface area (Å²) in [5, 5.41) is 0. The lowest BCUT2D eigenvalue weighted by molar-refractivity contribution is -0.149. The maximum atomic E-state index is 12.9. The van der Waals surface area contributed by atoms with E-state index in [1.54, 1.807) is 30.0 Å². The molecule has 0 spiro atoms. The van der Waals surface area contributed by atoms with Crippen molar-refractivity contribution in [3.63, 3.8) is 0 Å². The molecule has 0 aromatic heterocycles. The second-order valence-corrected chi connectivity index (χ2v) is 9.27. The molecule has 1 atom stereocenters. The molecule has 0 aliphatic carbocycles. The molecule has 0 N–H and O–H groups in total. The van der Waals surface area contributed by atoms with Gasteiger partial charge in [0.25, 0.3) is 5.91 Å². The summed E-state index contributed by atoms with van der Waals surface area (Å²) in [5.41, 5.74) is 0.336. The van der Waals surface area contributed by atoms with Crippen LogP contribution in [-0.4, -0.2) is 62.3 Å². The number of ether oxygens (including phenoxy) is 1. The SMILES string of the molecule is CCOC(=O)[C@H]1CCCN(C(=O)c2cccc(S(=O)(=O)N3CCCCC3)c2)C1. The molecule has 2 saturated heterocycles. The number of amides is 1. The van der Waals surface area contributed by atoms with E-state index in [9.17, 15) is 18.0 Å². The van der Waals surface area contributed by atoms with Crippen LogP contribution in [0.5, 0.6) is 0 Å². The molecule has 2 fully saturated rings. The molecule has 0 saturated carbocycles. The fourth-order valence-electron chi connectivity index (χ4n) is 3.84. The molecule has 3 rings (SSSR count). The van der Waals surface area contributed by atoms with E-state index < -0.39 is 10.0 Å². The van der Waals surface area contributed by atoms with Gasteiger partial charge in [-0.2, -0.15) is 4.31 Å². The highest BCUT2D eigenvalue weighted by atomic mass is 32.2. The van der Waals surface area contributed by atoms with Crippen LogP contribution in [0.4, 0.5) is 0 Å². The van der Waals surface area contributed by atoms with Gasteiger partial charge in [-0.3, -0.25) is 9.59 Å². The predicted molar refractivity (Wildman–Crippen MR) is 104 cm³/mol. The summed E-state index contributed by atoms with van der Waals surface area (Å²) in [6, 6.07) is 6.24. The van der Waals surface area contributed by atoms with Crippen molar-refractivity contribution in [1.82, 2.24) is 9.21 Å². The van der Waals surface area contributed by atoms with Crippen LogP contribution in [-0.2, 0) is 19.6 Å². The third-order valence-corrected chi connectivity index (χ3v) is 7.26. The lowest BCUT2D eigenvalue weighted by Crippen LogP contribution is -2.43. The number of likely N-dealkylation sites (tertiary alicyclic amines) is 1. The Morgan fingerprint density at radius 3 is 2.57 bits per heavy atom. The van der Waals surface area contributed by atoms with Gasteiger partial charge in [0.15, 0.2) is 0 Å².